The van der Waals surface area contributed by atoms with Gasteiger partial charge in [-0.15, -0.1) is 0 Å². The van der Waals surface area contributed by atoms with Crippen LogP contribution in [-0.4, -0.2) is 50.9 Å². The van der Waals surface area contributed by atoms with Crippen LogP contribution in [0.2, 0.25) is 5.02 Å². The molecule has 0 unspecified atom stereocenters. The van der Waals surface area contributed by atoms with Crippen molar-refractivity contribution in [3.8, 4) is 5.75 Å². The Morgan fingerprint density at radius 3 is 2.39 bits per heavy atom. The smallest absolute Gasteiger partial charge is 0.348 e. The number of benzene rings is 3. The first-order valence-electron chi connectivity index (χ1n) is 11.1. The number of methoxy groups -OCH3 is 1. The van der Waals surface area contributed by atoms with Gasteiger partial charge < -0.3 is 14.4 Å². The second-order valence-electron chi connectivity index (χ2n) is 8.31. The van der Waals surface area contributed by atoms with Crippen molar-refractivity contribution in [2.75, 3.05) is 25.1 Å². The molecule has 1 amide bonds. The highest BCUT2D eigenvalue weighted by Crippen LogP contribution is 2.34. The van der Waals surface area contributed by atoms with Crippen LogP contribution in [0.5, 0.6) is 5.75 Å². The molecule has 8 nitrogen and oxygen atoms in total. The van der Waals surface area contributed by atoms with E-state index >= 15 is 0 Å². The maximum Gasteiger partial charge on any atom is 0.348 e. The molecule has 0 saturated carbocycles. The van der Waals surface area contributed by atoms with E-state index < -0.39 is 34.5 Å². The number of halogens is 1. The number of hydrogen-bond acceptors (Lipinski definition) is 6. The van der Waals surface area contributed by atoms with Gasteiger partial charge in [-0.25, -0.2) is 13.2 Å². The molecule has 0 radical (unpaired) electrons. The molecule has 0 saturated heterocycles. The number of aryl methyl sites for hydroxylation is 1. The lowest BCUT2D eigenvalue weighted by Crippen LogP contribution is -2.50. The Balaban J connectivity index is 1.68. The molecule has 188 valence electrons. The van der Waals surface area contributed by atoms with Crippen LogP contribution >= 0.6 is 11.6 Å². The number of sulfonamides is 1. The number of anilines is 1. The normalized spacial score (nSPS) is 15.2. The van der Waals surface area contributed by atoms with Crippen molar-refractivity contribution in [2.45, 2.75) is 24.5 Å². The third-order valence-electron chi connectivity index (χ3n) is 5.78. The molecular weight excluding hydrogens is 504 g/mol. The van der Waals surface area contributed by atoms with Crippen molar-refractivity contribution in [3.05, 3.63) is 88.9 Å². The highest BCUT2D eigenvalue weighted by atomic mass is 35.5. The number of carbonyl (C=O) groups is 2. The summed E-state index contributed by atoms with van der Waals surface area (Å²) >= 11 is 5.95. The van der Waals surface area contributed by atoms with Gasteiger partial charge in [-0.05, 0) is 48.9 Å². The largest absolute Gasteiger partial charge is 0.475 e. The number of esters is 1. The van der Waals surface area contributed by atoms with Crippen molar-refractivity contribution in [2.24, 2.45) is 0 Å². The summed E-state index contributed by atoms with van der Waals surface area (Å²) in [4.78, 5) is 27.2. The van der Waals surface area contributed by atoms with Gasteiger partial charge in [0.05, 0.1) is 30.8 Å². The van der Waals surface area contributed by atoms with Crippen molar-refractivity contribution >= 4 is 39.2 Å². The number of fused-ring (bicyclic) bond motifs is 1. The van der Waals surface area contributed by atoms with E-state index in [1.807, 2.05) is 31.2 Å². The van der Waals surface area contributed by atoms with Gasteiger partial charge in [0.15, 0.2) is 0 Å². The molecule has 1 aliphatic rings. The average Bonchev–Trinajstić information content (AvgIpc) is 2.88. The van der Waals surface area contributed by atoms with Crippen LogP contribution in [0.25, 0.3) is 0 Å². The standard InChI is InChI=1S/C26H25ClN2O6S/c1-18-7-9-19(10-8-18)15-28(36(32,33)21-13-11-20(27)12-14-21)17-25(30)29-16-24(26(31)34-2)35-23-6-4-3-5-22(23)29/h3-14,24H,15-17H2,1-2H3/t24-/m0/s1. The zero-order valence-electron chi connectivity index (χ0n) is 19.8. The Morgan fingerprint density at radius 1 is 1.06 bits per heavy atom. The maximum atomic E-state index is 13.6. The van der Waals surface area contributed by atoms with E-state index in [2.05, 4.69) is 0 Å². The van der Waals surface area contributed by atoms with E-state index in [9.17, 15) is 18.0 Å². The van der Waals surface area contributed by atoms with E-state index in [0.717, 1.165) is 15.4 Å². The van der Waals surface area contributed by atoms with Crippen molar-refractivity contribution < 1.29 is 27.5 Å². The Morgan fingerprint density at radius 2 is 1.72 bits per heavy atom. The second-order valence-corrected chi connectivity index (χ2v) is 10.7. The average molecular weight is 529 g/mol. The molecule has 1 heterocycles. The minimum Gasteiger partial charge on any atom is -0.475 e. The van der Waals surface area contributed by atoms with Gasteiger partial charge in [0.2, 0.25) is 22.0 Å². The van der Waals surface area contributed by atoms with Gasteiger partial charge in [-0.1, -0.05) is 53.6 Å². The van der Waals surface area contributed by atoms with E-state index in [1.165, 1.54) is 36.3 Å². The summed E-state index contributed by atoms with van der Waals surface area (Å²) in [6.07, 6.45) is -1.03. The van der Waals surface area contributed by atoms with Crippen molar-refractivity contribution in [1.82, 2.24) is 4.31 Å². The number of ether oxygens (including phenoxy) is 2. The summed E-state index contributed by atoms with van der Waals surface area (Å²) < 4.78 is 38.9. The number of para-hydroxylation sites is 2. The maximum absolute atomic E-state index is 13.6. The van der Waals surface area contributed by atoms with Gasteiger partial charge in [0, 0.05) is 11.6 Å². The van der Waals surface area contributed by atoms with Crippen LogP contribution in [-0.2, 0) is 30.9 Å². The lowest BCUT2D eigenvalue weighted by molar-refractivity contribution is -0.148. The van der Waals surface area contributed by atoms with Gasteiger partial charge >= 0.3 is 5.97 Å². The summed E-state index contributed by atoms with van der Waals surface area (Å²) in [5.41, 5.74) is 2.20. The summed E-state index contributed by atoms with van der Waals surface area (Å²) in [6, 6.07) is 19.9. The number of amides is 1. The monoisotopic (exact) mass is 528 g/mol. The lowest BCUT2D eigenvalue weighted by Gasteiger charge is -2.34. The Labute approximate surface area is 215 Å². The Bertz CT molecular complexity index is 1360. The van der Waals surface area contributed by atoms with Gasteiger partial charge in [0.1, 0.15) is 5.75 Å². The molecule has 10 heteroatoms. The zero-order valence-corrected chi connectivity index (χ0v) is 21.3. The Hall–Kier alpha value is -3.40. The van der Waals surface area contributed by atoms with E-state index in [1.54, 1.807) is 24.3 Å². The second kappa shape index (κ2) is 10.7. The fraction of sp³-hybridized carbons (Fsp3) is 0.231. The molecule has 0 bridgehead atoms. The van der Waals surface area contributed by atoms with Gasteiger partial charge in [-0.2, -0.15) is 4.31 Å². The van der Waals surface area contributed by atoms with Crippen molar-refractivity contribution in [1.29, 1.82) is 0 Å². The molecule has 0 aromatic heterocycles. The molecule has 4 rings (SSSR count). The van der Waals surface area contributed by atoms with Crippen LogP contribution in [0.15, 0.2) is 77.7 Å². The zero-order chi connectivity index (χ0) is 25.9. The van der Waals surface area contributed by atoms with Gasteiger partial charge in [0.25, 0.3) is 0 Å². The van der Waals surface area contributed by atoms with Crippen molar-refractivity contribution in [3.63, 3.8) is 0 Å². The van der Waals surface area contributed by atoms with Crippen LogP contribution < -0.4 is 9.64 Å². The minimum absolute atomic E-state index is 0.0154. The third kappa shape index (κ3) is 5.53. The molecule has 1 aliphatic heterocycles. The molecule has 3 aromatic carbocycles. The quantitative estimate of drug-likeness (QED) is 0.433. The fourth-order valence-electron chi connectivity index (χ4n) is 3.84. The molecule has 3 aromatic rings. The van der Waals surface area contributed by atoms with E-state index in [0.29, 0.717) is 16.5 Å². The number of carbonyl (C=O) groups excluding carboxylic acids is 2. The molecule has 0 spiro atoms. The lowest BCUT2D eigenvalue weighted by atomic mass is 10.1. The van der Waals surface area contributed by atoms with E-state index in [4.69, 9.17) is 21.1 Å². The van der Waals surface area contributed by atoms with Crippen LogP contribution in [0.1, 0.15) is 11.1 Å². The summed E-state index contributed by atoms with van der Waals surface area (Å²) in [6.45, 7) is 1.34. The Kier molecular flexibility index (Phi) is 7.63. The number of rotatable bonds is 7. The molecule has 0 aliphatic carbocycles. The molecule has 1 atom stereocenters. The number of hydrogen-bond donors (Lipinski definition) is 0. The molecule has 0 N–H and O–H groups in total. The highest BCUT2D eigenvalue weighted by Gasteiger charge is 2.36. The molecular formula is C26H25ClN2O6S. The topological polar surface area (TPSA) is 93.2 Å². The molecule has 0 fully saturated rings. The first-order valence-corrected chi connectivity index (χ1v) is 13.0. The van der Waals surface area contributed by atoms with E-state index in [-0.39, 0.29) is 18.0 Å². The first kappa shape index (κ1) is 25.7. The fourth-order valence-corrected chi connectivity index (χ4v) is 5.34. The first-order chi connectivity index (χ1) is 17.2. The summed E-state index contributed by atoms with van der Waals surface area (Å²) in [5.74, 6) is -0.810. The molecule has 36 heavy (non-hydrogen) atoms. The predicted octanol–water partition coefficient (Wildman–Crippen LogP) is 3.81. The van der Waals surface area contributed by atoms with Crippen LogP contribution in [0.3, 0.4) is 0 Å². The summed E-state index contributed by atoms with van der Waals surface area (Å²) in [5, 5.41) is 0.397. The van der Waals surface area contributed by atoms with Gasteiger partial charge in [-0.3, -0.25) is 4.79 Å². The SMILES string of the molecule is COC(=O)[C@@H]1CN(C(=O)CN(Cc2ccc(C)cc2)S(=O)(=O)c2ccc(Cl)cc2)c2ccccc2O1. The number of nitrogens with zero attached hydrogens (tertiary/aromatic N) is 2. The minimum atomic E-state index is -4.07. The third-order valence-corrected chi connectivity index (χ3v) is 7.84. The highest BCUT2D eigenvalue weighted by molar-refractivity contribution is 7.89. The van der Waals surface area contributed by atoms with Crippen LogP contribution in [0.4, 0.5) is 5.69 Å². The predicted molar refractivity (Wildman–Crippen MR) is 135 cm³/mol. The summed E-state index contributed by atoms with van der Waals surface area (Å²) in [7, 11) is -2.83. The van der Waals surface area contributed by atoms with Crippen LogP contribution in [0, 0.1) is 6.92 Å².